The Balaban J connectivity index is 0.000000437. The summed E-state index contributed by atoms with van der Waals surface area (Å²) in [6.07, 6.45) is 2.83. The quantitative estimate of drug-likeness (QED) is 0.800. The molecule has 88 valence electrons. The molecule has 0 unspecified atom stereocenters. The predicted molar refractivity (Wildman–Crippen MR) is 65.8 cm³/mol. The third-order valence-corrected chi connectivity index (χ3v) is 2.80. The van der Waals surface area contributed by atoms with Crippen LogP contribution in [0.3, 0.4) is 0 Å². The van der Waals surface area contributed by atoms with Crippen molar-refractivity contribution in [2.75, 3.05) is 0 Å². The van der Waals surface area contributed by atoms with Crippen molar-refractivity contribution in [2.45, 2.75) is 23.4 Å². The molecule has 5 heteroatoms. The largest absolute Gasteiger partial charge is 0.478 e. The molecule has 0 aliphatic carbocycles. The zero-order valence-corrected chi connectivity index (χ0v) is 12.1. The van der Waals surface area contributed by atoms with Gasteiger partial charge in [-0.2, -0.15) is 0 Å². The van der Waals surface area contributed by atoms with Crippen LogP contribution in [0.25, 0.3) is 0 Å². The molecular formula is C12H15NaO4. The number of hydrogen-bond donors (Lipinski definition) is 2. The smallest absolute Gasteiger partial charge is 0.336 e. The first-order valence-corrected chi connectivity index (χ1v) is 7.01. The summed E-state index contributed by atoms with van der Waals surface area (Å²) in [5.41, 5.74) is -0.380. The maximum absolute atomic E-state index is 10.5. The summed E-state index contributed by atoms with van der Waals surface area (Å²) >= 11 is 1.40. The van der Waals surface area contributed by atoms with Crippen LogP contribution in [0.15, 0.2) is 24.3 Å². The first-order valence-electron chi connectivity index (χ1n) is 5.60. The Bertz CT molecular complexity index is 342. The van der Waals surface area contributed by atoms with Gasteiger partial charge in [-0.05, 0) is 12.1 Å². The van der Waals surface area contributed by atoms with E-state index in [4.69, 9.17) is 10.2 Å². The fourth-order valence-electron chi connectivity index (χ4n) is 1.21. The topological polar surface area (TPSA) is 74.6 Å². The molecular weight excluding hydrogens is 231 g/mol. The molecule has 0 saturated heterocycles. The normalized spacial score (nSPS) is 9.12. The van der Waals surface area contributed by atoms with Gasteiger partial charge in [0, 0.05) is 0 Å². The van der Waals surface area contributed by atoms with Crippen molar-refractivity contribution >= 4 is 39.9 Å². The molecule has 1 rings (SSSR count). The van der Waals surface area contributed by atoms with Crippen molar-refractivity contribution in [1.82, 2.24) is 0 Å². The average molecular weight is 246 g/mol. The van der Waals surface area contributed by atoms with Crippen molar-refractivity contribution in [1.29, 1.82) is 0 Å². The molecule has 2 N–H and O–H groups in total. The van der Waals surface area contributed by atoms with Crippen molar-refractivity contribution < 1.29 is 19.8 Å². The van der Waals surface area contributed by atoms with Crippen LogP contribution in [0.2, 0.25) is 3.67 Å². The van der Waals surface area contributed by atoms with E-state index >= 15 is 0 Å². The molecule has 17 heavy (non-hydrogen) atoms. The summed E-state index contributed by atoms with van der Waals surface area (Å²) in [7, 11) is 0. The molecule has 0 aliphatic heterocycles. The van der Waals surface area contributed by atoms with Crippen LogP contribution >= 0.6 is 0 Å². The Hall–Kier alpha value is -0.840. The summed E-state index contributed by atoms with van der Waals surface area (Å²) in [6.45, 7) is 2.23. The second-order valence-electron chi connectivity index (χ2n) is 3.51. The van der Waals surface area contributed by atoms with Gasteiger partial charge in [0.1, 0.15) is 0 Å². The fraction of sp³-hybridized carbons (Fsp3) is 0.333. The number of carboxylic acids is 2. The number of carboxylic acid groups (broad SMARTS) is 2. The van der Waals surface area contributed by atoms with Crippen molar-refractivity contribution in [2.24, 2.45) is 0 Å². The number of aromatic carboxylic acids is 2. The monoisotopic (exact) mass is 246 g/mol. The number of carbonyl (C=O) groups is 2. The van der Waals surface area contributed by atoms with Crippen LogP contribution in [0, 0.1) is 0 Å². The van der Waals surface area contributed by atoms with Gasteiger partial charge in [-0.15, -0.1) is 0 Å². The first-order chi connectivity index (χ1) is 8.04. The molecule has 4 nitrogen and oxygen atoms in total. The number of rotatable bonds is 4. The zero-order chi connectivity index (χ0) is 13.3. The second-order valence-corrected chi connectivity index (χ2v) is 4.51. The van der Waals surface area contributed by atoms with E-state index < -0.39 is 11.9 Å². The molecule has 0 amide bonds. The fourth-order valence-corrected chi connectivity index (χ4v) is 1.92. The number of hydrogen-bond acceptors (Lipinski definition) is 2. The Morgan fingerprint density at radius 3 is 1.71 bits per heavy atom. The molecule has 1 aromatic carbocycles. The standard InChI is InChI=1S/C8H6O4.C4H9.Na/c9-7(10)5-3-1-2-4-6(5)8(11)12;1-3-4-2;/h1-4H,(H,9,10)(H,11,12);1,3-4H2,2H3;. The van der Waals surface area contributed by atoms with Gasteiger partial charge in [0.2, 0.25) is 0 Å². The zero-order valence-electron chi connectivity index (χ0n) is 10.1. The summed E-state index contributed by atoms with van der Waals surface area (Å²) in [4.78, 5) is 20.9. The third kappa shape index (κ3) is 6.46. The summed E-state index contributed by atoms with van der Waals surface area (Å²) < 4.78 is 1.48. The number of unbranched alkanes of at least 4 members (excludes halogenated alkanes) is 1. The molecule has 0 radical (unpaired) electrons. The van der Waals surface area contributed by atoms with E-state index in [1.807, 2.05) is 0 Å². The Labute approximate surface area is 118 Å². The van der Waals surface area contributed by atoms with E-state index in [1.54, 1.807) is 0 Å². The van der Waals surface area contributed by atoms with Gasteiger partial charge in [0.15, 0.2) is 0 Å². The number of benzene rings is 1. The van der Waals surface area contributed by atoms with Crippen molar-refractivity contribution in [3.05, 3.63) is 35.4 Å². The molecule has 0 aromatic heterocycles. The van der Waals surface area contributed by atoms with Crippen LogP contribution in [0.1, 0.15) is 40.5 Å². The van der Waals surface area contributed by atoms with Crippen LogP contribution in [-0.2, 0) is 0 Å². The first kappa shape index (κ1) is 16.2. The molecule has 0 saturated carbocycles. The van der Waals surface area contributed by atoms with E-state index in [0.29, 0.717) is 0 Å². The minimum Gasteiger partial charge on any atom is -0.478 e. The van der Waals surface area contributed by atoms with E-state index in [0.717, 1.165) is 0 Å². The van der Waals surface area contributed by atoms with Gasteiger partial charge in [-0.1, -0.05) is 12.1 Å². The van der Waals surface area contributed by atoms with Gasteiger partial charge >= 0.3 is 63.3 Å². The van der Waals surface area contributed by atoms with Crippen molar-refractivity contribution in [3.63, 3.8) is 0 Å². The van der Waals surface area contributed by atoms with Gasteiger partial charge < -0.3 is 10.2 Å². The molecule has 0 atom stereocenters. The molecule has 0 bridgehead atoms. The molecule has 0 heterocycles. The summed E-state index contributed by atoms with van der Waals surface area (Å²) in [5.74, 6) is -2.46. The average Bonchev–Trinajstić information content (AvgIpc) is 2.30. The van der Waals surface area contributed by atoms with Gasteiger partial charge in [0.25, 0.3) is 0 Å². The van der Waals surface area contributed by atoms with Crippen molar-refractivity contribution in [3.8, 4) is 0 Å². The van der Waals surface area contributed by atoms with Crippen LogP contribution in [0.5, 0.6) is 0 Å². The second kappa shape index (κ2) is 9.22. The minimum absolute atomic E-state index is 0.190. The predicted octanol–water partition coefficient (Wildman–Crippen LogP) is 2.46. The Kier molecular flexibility index (Phi) is 8.76. The summed E-state index contributed by atoms with van der Waals surface area (Å²) in [5, 5.41) is 17.1. The van der Waals surface area contributed by atoms with Gasteiger partial charge in [-0.3, -0.25) is 0 Å². The SMILES string of the molecule is CCC[CH2][Na].O=C(O)c1ccccc1C(=O)O. The molecule has 0 spiro atoms. The van der Waals surface area contributed by atoms with E-state index in [9.17, 15) is 9.59 Å². The maximum atomic E-state index is 10.5. The molecule has 0 fully saturated rings. The maximum Gasteiger partial charge on any atom is 0.336 e. The van der Waals surface area contributed by atoms with Crippen LogP contribution < -0.4 is 0 Å². The molecule has 1 aromatic rings. The van der Waals surface area contributed by atoms with E-state index in [1.165, 1.54) is 68.7 Å². The molecule has 0 aliphatic rings. The van der Waals surface area contributed by atoms with E-state index in [-0.39, 0.29) is 11.1 Å². The minimum atomic E-state index is -1.23. The van der Waals surface area contributed by atoms with E-state index in [2.05, 4.69) is 6.92 Å². The van der Waals surface area contributed by atoms with Crippen LogP contribution in [-0.4, -0.2) is 50.1 Å². The summed E-state index contributed by atoms with van der Waals surface area (Å²) in [6, 6.07) is 5.48. The third-order valence-electron chi connectivity index (χ3n) is 2.09. The Morgan fingerprint density at radius 1 is 1.12 bits per heavy atom. The van der Waals surface area contributed by atoms with Crippen LogP contribution in [0.4, 0.5) is 0 Å². The van der Waals surface area contributed by atoms with Gasteiger partial charge in [0.05, 0.1) is 11.1 Å². The Morgan fingerprint density at radius 2 is 1.53 bits per heavy atom. The van der Waals surface area contributed by atoms with Gasteiger partial charge in [-0.25, -0.2) is 9.59 Å².